The molecule has 1 fully saturated rings. The molecule has 1 saturated carbocycles. The van der Waals surface area contributed by atoms with Gasteiger partial charge in [0.25, 0.3) is 11.5 Å². The summed E-state index contributed by atoms with van der Waals surface area (Å²) in [6.45, 7) is 0. The molecular formula is C21H21N3O2. The van der Waals surface area contributed by atoms with Crippen molar-refractivity contribution >= 4 is 16.7 Å². The van der Waals surface area contributed by atoms with E-state index < -0.39 is 0 Å². The third-order valence-electron chi connectivity index (χ3n) is 5.22. The predicted molar refractivity (Wildman–Crippen MR) is 101 cm³/mol. The fourth-order valence-electron chi connectivity index (χ4n) is 3.93. The third-order valence-corrected chi connectivity index (χ3v) is 5.22. The molecule has 2 N–H and O–H groups in total. The van der Waals surface area contributed by atoms with Crippen LogP contribution in [0.1, 0.15) is 47.7 Å². The Balaban J connectivity index is 1.63. The molecular weight excluding hydrogens is 326 g/mol. The summed E-state index contributed by atoms with van der Waals surface area (Å²) < 4.78 is 0. The van der Waals surface area contributed by atoms with E-state index in [1.165, 1.54) is 12.0 Å². The first-order valence-electron chi connectivity index (χ1n) is 9.07. The van der Waals surface area contributed by atoms with Gasteiger partial charge in [-0.25, -0.2) is 5.10 Å². The predicted octanol–water partition coefficient (Wildman–Crippen LogP) is 3.38. The summed E-state index contributed by atoms with van der Waals surface area (Å²) in [6, 6.07) is 17.5. The number of rotatable bonds is 3. The smallest absolute Gasteiger partial charge is 0.272 e. The van der Waals surface area contributed by atoms with E-state index in [2.05, 4.69) is 27.6 Å². The van der Waals surface area contributed by atoms with Crippen LogP contribution in [0.3, 0.4) is 0 Å². The van der Waals surface area contributed by atoms with Gasteiger partial charge in [-0.05, 0) is 24.5 Å². The Bertz CT molecular complexity index is 981. The molecule has 1 aromatic heterocycles. The second-order valence-corrected chi connectivity index (χ2v) is 6.83. The lowest BCUT2D eigenvalue weighted by molar-refractivity contribution is 0.0916. The minimum atomic E-state index is -0.281. The van der Waals surface area contributed by atoms with Crippen LogP contribution in [0.2, 0.25) is 0 Å². The van der Waals surface area contributed by atoms with E-state index in [1.807, 2.05) is 24.3 Å². The fourth-order valence-corrected chi connectivity index (χ4v) is 3.93. The van der Waals surface area contributed by atoms with E-state index in [-0.39, 0.29) is 23.2 Å². The van der Waals surface area contributed by atoms with Crippen molar-refractivity contribution in [3.63, 3.8) is 0 Å². The quantitative estimate of drug-likeness (QED) is 0.763. The van der Waals surface area contributed by atoms with E-state index in [1.54, 1.807) is 18.2 Å². The molecule has 2 aromatic carbocycles. The van der Waals surface area contributed by atoms with Crippen molar-refractivity contribution < 1.29 is 4.79 Å². The molecule has 2 atom stereocenters. The number of carbonyl (C=O) groups excluding carboxylic acids is 1. The normalized spacial score (nSPS) is 20.0. The molecule has 0 bridgehead atoms. The van der Waals surface area contributed by atoms with Gasteiger partial charge in [-0.1, -0.05) is 61.4 Å². The highest BCUT2D eigenvalue weighted by Crippen LogP contribution is 2.33. The molecule has 0 saturated heterocycles. The molecule has 4 rings (SSSR count). The number of hydrogen-bond donors (Lipinski definition) is 2. The molecule has 0 spiro atoms. The van der Waals surface area contributed by atoms with E-state index in [0.717, 1.165) is 19.3 Å². The number of nitrogens with zero attached hydrogens (tertiary/aromatic N) is 1. The molecule has 5 heteroatoms. The lowest BCUT2D eigenvalue weighted by atomic mass is 9.80. The molecule has 1 aliphatic rings. The van der Waals surface area contributed by atoms with Gasteiger partial charge in [0.1, 0.15) is 0 Å². The summed E-state index contributed by atoms with van der Waals surface area (Å²) in [4.78, 5) is 24.9. The zero-order chi connectivity index (χ0) is 17.9. The first kappa shape index (κ1) is 16.5. The van der Waals surface area contributed by atoms with Crippen molar-refractivity contribution in [2.75, 3.05) is 0 Å². The molecule has 0 aliphatic heterocycles. The van der Waals surface area contributed by atoms with Gasteiger partial charge in [0.15, 0.2) is 5.69 Å². The fraction of sp³-hybridized carbons (Fsp3) is 0.286. The first-order chi connectivity index (χ1) is 12.7. The van der Waals surface area contributed by atoms with Gasteiger partial charge in [0.05, 0.1) is 5.39 Å². The number of aromatic amines is 1. The average molecular weight is 347 g/mol. The number of amides is 1. The van der Waals surface area contributed by atoms with Gasteiger partial charge >= 0.3 is 0 Å². The van der Waals surface area contributed by atoms with Gasteiger partial charge in [0, 0.05) is 17.3 Å². The number of H-pyrrole nitrogens is 1. The van der Waals surface area contributed by atoms with Crippen LogP contribution < -0.4 is 10.9 Å². The number of aromatic nitrogens is 2. The second-order valence-electron chi connectivity index (χ2n) is 6.83. The second kappa shape index (κ2) is 7.12. The van der Waals surface area contributed by atoms with Crippen LogP contribution in [0.5, 0.6) is 0 Å². The highest BCUT2D eigenvalue weighted by Gasteiger charge is 2.28. The Kier molecular flexibility index (Phi) is 4.52. The van der Waals surface area contributed by atoms with E-state index in [4.69, 9.17) is 0 Å². The van der Waals surface area contributed by atoms with Crippen LogP contribution in [-0.2, 0) is 0 Å². The average Bonchev–Trinajstić information content (AvgIpc) is 2.69. The van der Waals surface area contributed by atoms with Crippen LogP contribution in [0, 0.1) is 0 Å². The van der Waals surface area contributed by atoms with Gasteiger partial charge < -0.3 is 5.32 Å². The van der Waals surface area contributed by atoms with Gasteiger partial charge in [-0.2, -0.15) is 5.10 Å². The third kappa shape index (κ3) is 3.12. The van der Waals surface area contributed by atoms with Crippen LogP contribution in [-0.4, -0.2) is 22.1 Å². The standard InChI is InChI=1S/C21H21N3O2/c25-20-17-12-5-4-11-16(17)19(23-24-20)21(26)22-18-13-7-6-10-15(18)14-8-2-1-3-9-14/h1-5,8-9,11-12,15,18H,6-7,10,13H2,(H,22,26)(H,24,25). The van der Waals surface area contributed by atoms with Crippen molar-refractivity contribution in [3.8, 4) is 0 Å². The lowest BCUT2D eigenvalue weighted by Crippen LogP contribution is -2.41. The van der Waals surface area contributed by atoms with Crippen molar-refractivity contribution in [1.82, 2.24) is 15.5 Å². The van der Waals surface area contributed by atoms with Gasteiger partial charge in [0.2, 0.25) is 0 Å². The summed E-state index contributed by atoms with van der Waals surface area (Å²) in [5.41, 5.74) is 1.26. The summed E-state index contributed by atoms with van der Waals surface area (Å²) in [6.07, 6.45) is 4.29. The molecule has 132 valence electrons. The number of benzene rings is 2. The van der Waals surface area contributed by atoms with Crippen LogP contribution in [0.4, 0.5) is 0 Å². The minimum Gasteiger partial charge on any atom is -0.347 e. The van der Waals surface area contributed by atoms with E-state index >= 15 is 0 Å². The molecule has 3 aromatic rings. The van der Waals surface area contributed by atoms with Crippen molar-refractivity contribution in [2.45, 2.75) is 37.6 Å². The highest BCUT2D eigenvalue weighted by atomic mass is 16.2. The number of nitrogens with one attached hydrogen (secondary N) is 2. The molecule has 5 nitrogen and oxygen atoms in total. The molecule has 0 radical (unpaired) electrons. The van der Waals surface area contributed by atoms with Gasteiger partial charge in [-0.15, -0.1) is 0 Å². The lowest BCUT2D eigenvalue weighted by Gasteiger charge is -2.32. The first-order valence-corrected chi connectivity index (χ1v) is 9.07. The van der Waals surface area contributed by atoms with Crippen LogP contribution in [0.15, 0.2) is 59.4 Å². The summed E-state index contributed by atoms with van der Waals surface area (Å²) >= 11 is 0. The zero-order valence-electron chi connectivity index (χ0n) is 14.4. The Morgan fingerprint density at radius 3 is 2.46 bits per heavy atom. The molecule has 1 aliphatic carbocycles. The summed E-state index contributed by atoms with van der Waals surface area (Å²) in [7, 11) is 0. The largest absolute Gasteiger partial charge is 0.347 e. The maximum atomic E-state index is 12.9. The topological polar surface area (TPSA) is 74.8 Å². The summed E-state index contributed by atoms with van der Waals surface area (Å²) in [5, 5.41) is 10.7. The molecule has 1 amide bonds. The molecule has 1 heterocycles. The zero-order valence-corrected chi connectivity index (χ0v) is 14.4. The van der Waals surface area contributed by atoms with Crippen molar-refractivity contribution in [1.29, 1.82) is 0 Å². The Morgan fingerprint density at radius 1 is 0.962 bits per heavy atom. The van der Waals surface area contributed by atoms with Crippen molar-refractivity contribution in [3.05, 3.63) is 76.2 Å². The highest BCUT2D eigenvalue weighted by molar-refractivity contribution is 6.04. The number of hydrogen-bond acceptors (Lipinski definition) is 3. The van der Waals surface area contributed by atoms with Gasteiger partial charge in [-0.3, -0.25) is 9.59 Å². The summed E-state index contributed by atoms with van der Waals surface area (Å²) in [5.74, 6) is 0.0770. The van der Waals surface area contributed by atoms with Crippen LogP contribution in [0.25, 0.3) is 10.8 Å². The Labute approximate surface area is 151 Å². The molecule has 2 unspecified atom stereocenters. The van der Waals surface area contributed by atoms with Crippen molar-refractivity contribution in [2.24, 2.45) is 0 Å². The molecule has 26 heavy (non-hydrogen) atoms. The Morgan fingerprint density at radius 2 is 1.65 bits per heavy atom. The Hall–Kier alpha value is -2.95. The van der Waals surface area contributed by atoms with Crippen LogP contribution >= 0.6 is 0 Å². The number of carbonyl (C=O) groups is 1. The maximum absolute atomic E-state index is 12.9. The van der Waals surface area contributed by atoms with E-state index in [0.29, 0.717) is 16.7 Å². The number of fused-ring (bicyclic) bond motifs is 1. The maximum Gasteiger partial charge on any atom is 0.272 e. The minimum absolute atomic E-state index is 0.0751. The monoisotopic (exact) mass is 347 g/mol. The van der Waals surface area contributed by atoms with E-state index in [9.17, 15) is 9.59 Å². The SMILES string of the molecule is O=C(NC1CCCCC1c1ccccc1)c1n[nH]c(=O)c2ccccc12.